The molecule has 5 heteroatoms. The average Bonchev–Trinajstić information content (AvgIpc) is 1.36. The predicted octanol–water partition coefficient (Wildman–Crippen LogP) is -3.51. The van der Waals surface area contributed by atoms with Gasteiger partial charge in [0.2, 0.25) is 0 Å². The summed E-state index contributed by atoms with van der Waals surface area (Å²) in [4.78, 5) is 17.9. The van der Waals surface area contributed by atoms with Crippen molar-refractivity contribution in [3.05, 3.63) is 0 Å². The number of hydrogen-bond acceptors (Lipinski definition) is 4. The van der Waals surface area contributed by atoms with Gasteiger partial charge in [0.25, 0.3) is 0 Å². The molecule has 0 aromatic heterocycles. The Kier molecular flexibility index (Phi) is 5.91. The van der Waals surface area contributed by atoms with Crippen molar-refractivity contribution in [2.45, 2.75) is 0 Å². The summed E-state index contributed by atoms with van der Waals surface area (Å²) in [6.07, 6.45) is 0. The maximum Gasteiger partial charge on any atom is 0.0870 e. The fourth-order valence-electron chi connectivity index (χ4n) is 0. The molecular formula is C2NpO4-2. The Bertz CT molecular complexity index is 75.7. The van der Waals surface area contributed by atoms with Gasteiger partial charge in [-0.3, -0.25) is 0 Å². The van der Waals surface area contributed by atoms with Crippen LogP contribution in [0.5, 0.6) is 0 Å². The molecule has 0 heterocycles. The van der Waals surface area contributed by atoms with E-state index in [0.29, 0.717) is 0 Å². The van der Waals surface area contributed by atoms with Crippen LogP contribution in [0, 0.1) is 29.9 Å². The number of carbonyl (C=O) groups is 2. The van der Waals surface area contributed by atoms with Crippen LogP contribution in [0.15, 0.2) is 0 Å². The van der Waals surface area contributed by atoms with E-state index in [4.69, 9.17) is 19.8 Å². The van der Waals surface area contributed by atoms with Gasteiger partial charge in [0.05, 0.1) is 11.9 Å². The summed E-state index contributed by atoms with van der Waals surface area (Å²) in [5, 5.41) is 17.9. The van der Waals surface area contributed by atoms with Crippen molar-refractivity contribution < 1.29 is 49.7 Å². The van der Waals surface area contributed by atoms with Crippen molar-refractivity contribution in [3.63, 3.8) is 0 Å². The van der Waals surface area contributed by atoms with E-state index in [-0.39, 0.29) is 29.9 Å². The predicted molar refractivity (Wildman–Crippen MR) is 10.0 cm³/mol. The van der Waals surface area contributed by atoms with Crippen molar-refractivity contribution in [1.29, 1.82) is 0 Å². The molecule has 0 N–H and O–H groups in total. The summed E-state index contributed by atoms with van der Waals surface area (Å²) in [5.41, 5.74) is 0. The molecule has 0 aliphatic heterocycles. The molecule has 0 aliphatic rings. The smallest absolute Gasteiger partial charge is 0.0870 e. The van der Waals surface area contributed by atoms with Crippen LogP contribution in [-0.2, 0) is 9.59 Å². The van der Waals surface area contributed by atoms with Crippen LogP contribution in [0.1, 0.15) is 0 Å². The van der Waals surface area contributed by atoms with E-state index in [2.05, 4.69) is 0 Å². The van der Waals surface area contributed by atoms with Crippen LogP contribution >= 0.6 is 0 Å². The Morgan fingerprint density at radius 3 is 1.14 bits per heavy atom. The monoisotopic (exact) mass is 325 g/mol. The third-order valence-corrected chi connectivity index (χ3v) is 0.167. The van der Waals surface area contributed by atoms with Crippen molar-refractivity contribution in [2.75, 3.05) is 0 Å². The topological polar surface area (TPSA) is 80.3 Å². The summed E-state index contributed by atoms with van der Waals surface area (Å²) in [6.45, 7) is 0. The molecule has 0 fully saturated rings. The van der Waals surface area contributed by atoms with E-state index < -0.39 is 11.9 Å². The standard InChI is InChI=1S/C2H2O4.Np/c3-1(4)2(5)6;/h(H,3,4)(H,5,6);/p-2/i;1+0. The van der Waals surface area contributed by atoms with Gasteiger partial charge in [0.15, 0.2) is 0 Å². The molecule has 0 rings (SSSR count). The molecule has 0 spiro atoms. The minimum Gasteiger partial charge on any atom is -0.543 e. The van der Waals surface area contributed by atoms with Gasteiger partial charge in [0, 0.05) is 29.9 Å². The van der Waals surface area contributed by atoms with Gasteiger partial charge >= 0.3 is 0 Å². The molecule has 0 atom stereocenters. The maximum atomic E-state index is 8.93. The summed E-state index contributed by atoms with van der Waals surface area (Å²) in [6, 6.07) is 0. The van der Waals surface area contributed by atoms with E-state index in [1.165, 1.54) is 0 Å². The first kappa shape index (κ1) is 10.0. The minimum atomic E-state index is -2.19. The molecule has 7 heavy (non-hydrogen) atoms. The Hall–Kier alpha value is -0.0470. The fraction of sp³-hybridized carbons (Fsp3) is 0. The molecule has 1 radical (unpaired) electrons. The molecule has 0 amide bonds. The molecule has 0 unspecified atom stereocenters. The number of rotatable bonds is 0. The Morgan fingerprint density at radius 1 is 1.00 bits per heavy atom. The number of hydrogen-bond donors (Lipinski definition) is 0. The summed E-state index contributed by atoms with van der Waals surface area (Å²) >= 11 is 0. The van der Waals surface area contributed by atoms with Crippen LogP contribution < -0.4 is 10.2 Å². The SMILES string of the molecule is O=C([O-])C(=O)[O-].[237Np]. The van der Waals surface area contributed by atoms with Crippen molar-refractivity contribution in [2.24, 2.45) is 0 Å². The number of aliphatic carboxylic acids is 2. The van der Waals surface area contributed by atoms with Gasteiger partial charge in [-0.1, -0.05) is 0 Å². The van der Waals surface area contributed by atoms with Gasteiger partial charge in [-0.15, -0.1) is 0 Å². The third kappa shape index (κ3) is 5.95. The Labute approximate surface area is 61.8 Å². The van der Waals surface area contributed by atoms with Gasteiger partial charge in [-0.2, -0.15) is 0 Å². The summed E-state index contributed by atoms with van der Waals surface area (Å²) < 4.78 is 0. The molecule has 0 saturated carbocycles. The van der Waals surface area contributed by atoms with E-state index in [9.17, 15) is 0 Å². The van der Waals surface area contributed by atoms with Crippen molar-refractivity contribution in [1.82, 2.24) is 0 Å². The van der Waals surface area contributed by atoms with Crippen LogP contribution in [0.4, 0.5) is 0 Å². The number of carbonyl (C=O) groups excluding carboxylic acids is 2. The first-order chi connectivity index (χ1) is 2.64. The van der Waals surface area contributed by atoms with Crippen LogP contribution in [-0.4, -0.2) is 11.9 Å². The Morgan fingerprint density at radius 2 is 1.14 bits per heavy atom. The fourth-order valence-corrected chi connectivity index (χ4v) is 0. The summed E-state index contributed by atoms with van der Waals surface area (Å²) in [5.74, 6) is -4.37. The van der Waals surface area contributed by atoms with E-state index in [0.717, 1.165) is 0 Å². The molecule has 4 nitrogen and oxygen atoms in total. The van der Waals surface area contributed by atoms with Crippen LogP contribution in [0.2, 0.25) is 0 Å². The first-order valence-electron chi connectivity index (χ1n) is 1.07. The molecule has 0 bridgehead atoms. The van der Waals surface area contributed by atoms with Gasteiger partial charge in [0.1, 0.15) is 0 Å². The summed E-state index contributed by atoms with van der Waals surface area (Å²) in [7, 11) is 0. The van der Waals surface area contributed by atoms with Crippen LogP contribution in [0.25, 0.3) is 0 Å². The zero-order valence-corrected chi connectivity index (χ0v) is 6.80. The zero-order chi connectivity index (χ0) is 5.15. The molecule has 0 saturated heterocycles. The van der Waals surface area contributed by atoms with Gasteiger partial charge in [-0.05, 0) is 0 Å². The molecule has 0 aliphatic carbocycles. The Balaban J connectivity index is 0. The second-order valence-corrected chi connectivity index (χ2v) is 0.575. The van der Waals surface area contributed by atoms with Gasteiger partial charge < -0.3 is 19.8 Å². The zero-order valence-electron chi connectivity index (χ0n) is 3.08. The second-order valence-electron chi connectivity index (χ2n) is 0.575. The first-order valence-corrected chi connectivity index (χ1v) is 1.07. The van der Waals surface area contributed by atoms with E-state index >= 15 is 0 Å². The number of carboxylic acids is 2. The number of carboxylic acid groups (broad SMARTS) is 2. The van der Waals surface area contributed by atoms with Crippen LogP contribution in [0.3, 0.4) is 0 Å². The molecule has 0 aromatic carbocycles. The van der Waals surface area contributed by atoms with E-state index in [1.807, 2.05) is 0 Å². The third-order valence-electron chi connectivity index (χ3n) is 0.167. The normalized spacial score (nSPS) is 6.29. The maximum absolute atomic E-state index is 8.93. The molecule has 39 valence electrons. The average molecular weight is 325 g/mol. The van der Waals surface area contributed by atoms with E-state index in [1.54, 1.807) is 0 Å². The van der Waals surface area contributed by atoms with Gasteiger partial charge in [-0.25, -0.2) is 0 Å². The molecular weight excluding hydrogens is 325 g/mol. The second kappa shape index (κ2) is 4.12. The quantitative estimate of drug-likeness (QED) is 0.433. The minimum absolute atomic E-state index is 0. The van der Waals surface area contributed by atoms with Crippen molar-refractivity contribution in [3.8, 4) is 0 Å². The largest absolute Gasteiger partial charge is 0.543 e. The molecule has 0 aromatic rings. The van der Waals surface area contributed by atoms with Crippen molar-refractivity contribution >= 4 is 11.9 Å².